The molecule has 0 unspecified atom stereocenters. The van der Waals surface area contributed by atoms with E-state index in [2.05, 4.69) is 44.3 Å². The van der Waals surface area contributed by atoms with Crippen molar-refractivity contribution >= 4 is 38.8 Å². The number of rotatable bonds is 1. The minimum absolute atomic E-state index is 0.0347. The number of carbonyl (C=O) groups is 1. The lowest BCUT2D eigenvalue weighted by Crippen LogP contribution is -2.15. The molecule has 2 aliphatic heterocycles. The first-order chi connectivity index (χ1) is 10.2. The van der Waals surface area contributed by atoms with Gasteiger partial charge in [-0.2, -0.15) is 0 Å². The summed E-state index contributed by atoms with van der Waals surface area (Å²) in [6.45, 7) is 0.916. The van der Waals surface area contributed by atoms with Crippen molar-refractivity contribution in [1.82, 2.24) is 0 Å². The fraction of sp³-hybridized carbons (Fsp3) is 0.118. The van der Waals surface area contributed by atoms with Gasteiger partial charge in [0.25, 0.3) is 5.91 Å². The maximum absolute atomic E-state index is 12.2. The topological polar surface area (TPSA) is 32.3 Å². The van der Waals surface area contributed by atoms with Crippen LogP contribution in [0.25, 0.3) is 5.57 Å². The van der Waals surface area contributed by atoms with Gasteiger partial charge < -0.3 is 10.2 Å². The van der Waals surface area contributed by atoms with E-state index in [1.165, 1.54) is 11.3 Å². The third kappa shape index (κ3) is 2.07. The Bertz CT molecular complexity index is 782. The van der Waals surface area contributed by atoms with E-state index in [1.807, 2.05) is 30.5 Å². The van der Waals surface area contributed by atoms with Crippen LogP contribution in [0.1, 0.15) is 11.1 Å². The highest BCUT2D eigenvalue weighted by atomic mass is 79.9. The zero-order valence-corrected chi connectivity index (χ0v) is 12.9. The Balaban J connectivity index is 1.78. The second-order valence-corrected chi connectivity index (χ2v) is 6.17. The summed E-state index contributed by atoms with van der Waals surface area (Å²) >= 11 is 3.47. The van der Waals surface area contributed by atoms with E-state index < -0.39 is 0 Å². The second-order valence-electron chi connectivity index (χ2n) is 5.26. The van der Waals surface area contributed by atoms with Crippen molar-refractivity contribution in [2.75, 3.05) is 16.8 Å². The zero-order chi connectivity index (χ0) is 14.4. The number of benzene rings is 2. The van der Waals surface area contributed by atoms with Crippen LogP contribution in [0.5, 0.6) is 0 Å². The van der Waals surface area contributed by atoms with Gasteiger partial charge in [-0.1, -0.05) is 34.1 Å². The predicted octanol–water partition coefficient (Wildman–Crippen LogP) is 3.80. The molecule has 3 nitrogen and oxygen atoms in total. The molecular weight excluding hydrogens is 328 g/mol. The molecule has 0 aliphatic carbocycles. The number of para-hydroxylation sites is 1. The average molecular weight is 341 g/mol. The second kappa shape index (κ2) is 4.74. The van der Waals surface area contributed by atoms with Crippen molar-refractivity contribution in [3.63, 3.8) is 0 Å². The summed E-state index contributed by atoms with van der Waals surface area (Å²) in [6, 6.07) is 14.2. The van der Waals surface area contributed by atoms with E-state index in [-0.39, 0.29) is 5.91 Å². The molecule has 0 spiro atoms. The van der Waals surface area contributed by atoms with E-state index in [4.69, 9.17) is 0 Å². The number of fused-ring (bicyclic) bond motifs is 2. The summed E-state index contributed by atoms with van der Waals surface area (Å²) in [7, 11) is 0. The van der Waals surface area contributed by atoms with Crippen molar-refractivity contribution in [2.24, 2.45) is 0 Å². The number of amides is 1. The van der Waals surface area contributed by atoms with Gasteiger partial charge in [0.2, 0.25) is 0 Å². The van der Waals surface area contributed by atoms with Gasteiger partial charge in [-0.05, 0) is 36.2 Å². The van der Waals surface area contributed by atoms with Crippen LogP contribution in [0, 0.1) is 0 Å². The van der Waals surface area contributed by atoms with Gasteiger partial charge in [-0.3, -0.25) is 4.79 Å². The molecular formula is C17H13BrN2O. The monoisotopic (exact) mass is 340 g/mol. The molecule has 2 aromatic rings. The molecule has 0 aromatic heterocycles. The molecule has 21 heavy (non-hydrogen) atoms. The van der Waals surface area contributed by atoms with Crippen LogP contribution in [0.2, 0.25) is 0 Å². The minimum Gasteiger partial charge on any atom is -0.347 e. The first-order valence-electron chi connectivity index (χ1n) is 6.90. The Labute approximate surface area is 131 Å². The van der Waals surface area contributed by atoms with Crippen molar-refractivity contribution in [1.29, 1.82) is 0 Å². The maximum Gasteiger partial charge on any atom is 0.257 e. The quantitative estimate of drug-likeness (QED) is 0.800. The van der Waals surface area contributed by atoms with Crippen LogP contribution in [-0.2, 0) is 11.2 Å². The van der Waals surface area contributed by atoms with Crippen molar-refractivity contribution < 1.29 is 4.79 Å². The maximum atomic E-state index is 12.2. The first-order valence-corrected chi connectivity index (χ1v) is 7.69. The van der Waals surface area contributed by atoms with Crippen molar-refractivity contribution in [3.8, 4) is 0 Å². The molecule has 4 rings (SSSR count). The third-order valence-corrected chi connectivity index (χ3v) is 4.47. The molecule has 0 saturated carbocycles. The van der Waals surface area contributed by atoms with Crippen LogP contribution in [0.4, 0.5) is 11.4 Å². The fourth-order valence-corrected chi connectivity index (χ4v) is 3.30. The summed E-state index contributed by atoms with van der Waals surface area (Å²) in [5.41, 5.74) is 5.09. The Kier molecular flexibility index (Phi) is 2.86. The molecule has 0 atom stereocenters. The Morgan fingerprint density at radius 3 is 2.95 bits per heavy atom. The number of nitrogens with zero attached hydrogens (tertiary/aromatic N) is 1. The zero-order valence-electron chi connectivity index (χ0n) is 11.3. The Morgan fingerprint density at radius 1 is 1.19 bits per heavy atom. The normalized spacial score (nSPS) is 17.9. The van der Waals surface area contributed by atoms with Gasteiger partial charge in [0, 0.05) is 34.2 Å². The molecule has 0 fully saturated rings. The molecule has 1 amide bonds. The van der Waals surface area contributed by atoms with Gasteiger partial charge in [-0.15, -0.1) is 0 Å². The van der Waals surface area contributed by atoms with Gasteiger partial charge in [0.1, 0.15) is 0 Å². The van der Waals surface area contributed by atoms with Crippen LogP contribution in [0.15, 0.2) is 53.1 Å². The lowest BCUT2D eigenvalue weighted by atomic mass is 10.1. The molecule has 1 N–H and O–H groups in total. The highest BCUT2D eigenvalue weighted by Gasteiger charge is 2.26. The lowest BCUT2D eigenvalue weighted by Gasteiger charge is -2.15. The molecule has 2 heterocycles. The van der Waals surface area contributed by atoms with Crippen molar-refractivity contribution in [2.45, 2.75) is 6.42 Å². The summed E-state index contributed by atoms with van der Waals surface area (Å²) < 4.78 is 0.977. The summed E-state index contributed by atoms with van der Waals surface area (Å²) in [5, 5.41) is 2.92. The number of hydrogen-bond donors (Lipinski definition) is 1. The Hall–Kier alpha value is -2.07. The Morgan fingerprint density at radius 2 is 2.05 bits per heavy atom. The van der Waals surface area contributed by atoms with E-state index in [1.54, 1.807) is 0 Å². The molecule has 2 aliphatic rings. The molecule has 104 valence electrons. The summed E-state index contributed by atoms with van der Waals surface area (Å²) in [5.74, 6) is -0.0347. The number of anilines is 2. The van der Waals surface area contributed by atoms with Crippen LogP contribution < -0.4 is 10.2 Å². The molecule has 4 heteroatoms. The smallest absolute Gasteiger partial charge is 0.257 e. The van der Waals surface area contributed by atoms with Crippen LogP contribution in [0.3, 0.4) is 0 Å². The molecule has 0 radical (unpaired) electrons. The average Bonchev–Trinajstić information content (AvgIpc) is 3.02. The SMILES string of the molecule is O=C1Nc2ccc(Br)cc2/C1=C\N1CCc2ccccc21. The summed E-state index contributed by atoms with van der Waals surface area (Å²) in [4.78, 5) is 14.4. The molecule has 2 aromatic carbocycles. The third-order valence-electron chi connectivity index (χ3n) is 3.97. The minimum atomic E-state index is -0.0347. The van der Waals surface area contributed by atoms with Gasteiger partial charge in [-0.25, -0.2) is 0 Å². The predicted molar refractivity (Wildman–Crippen MR) is 88.2 cm³/mol. The van der Waals surface area contributed by atoms with E-state index >= 15 is 0 Å². The van der Waals surface area contributed by atoms with Crippen molar-refractivity contribution in [3.05, 3.63) is 64.3 Å². The molecule has 0 bridgehead atoms. The van der Waals surface area contributed by atoms with E-state index in [9.17, 15) is 4.79 Å². The number of carbonyl (C=O) groups excluding carboxylic acids is 1. The molecule has 0 saturated heterocycles. The summed E-state index contributed by atoms with van der Waals surface area (Å²) in [6.07, 6.45) is 2.99. The number of nitrogens with one attached hydrogen (secondary N) is 1. The first kappa shape index (κ1) is 12.7. The van der Waals surface area contributed by atoms with Gasteiger partial charge in [0.05, 0.1) is 5.57 Å². The van der Waals surface area contributed by atoms with Crippen LogP contribution in [-0.4, -0.2) is 12.5 Å². The van der Waals surface area contributed by atoms with E-state index in [0.717, 1.165) is 34.3 Å². The van der Waals surface area contributed by atoms with Crippen LogP contribution >= 0.6 is 15.9 Å². The lowest BCUT2D eigenvalue weighted by molar-refractivity contribution is -0.110. The number of hydrogen-bond acceptors (Lipinski definition) is 2. The van der Waals surface area contributed by atoms with Gasteiger partial charge in [0.15, 0.2) is 0 Å². The largest absolute Gasteiger partial charge is 0.347 e. The van der Waals surface area contributed by atoms with Gasteiger partial charge >= 0.3 is 0 Å². The standard InChI is InChI=1S/C17H13BrN2O/c18-12-5-6-15-13(9-12)14(17(21)19-15)10-20-8-7-11-3-1-2-4-16(11)20/h1-6,9-10H,7-8H2,(H,19,21)/b14-10+. The fourth-order valence-electron chi connectivity index (χ4n) is 2.94. The number of halogens is 1. The highest BCUT2D eigenvalue weighted by Crippen LogP contribution is 2.36. The highest BCUT2D eigenvalue weighted by molar-refractivity contribution is 9.10. The van der Waals surface area contributed by atoms with E-state index in [0.29, 0.717) is 0 Å².